The maximum atomic E-state index is 12.4. The predicted octanol–water partition coefficient (Wildman–Crippen LogP) is 2.86. The first kappa shape index (κ1) is 17.1. The fourth-order valence-electron chi connectivity index (χ4n) is 2.00. The van der Waals surface area contributed by atoms with Gasteiger partial charge in [-0.1, -0.05) is 43.7 Å². The van der Waals surface area contributed by atoms with Gasteiger partial charge in [0.2, 0.25) is 5.91 Å². The molecule has 112 valence electrons. The van der Waals surface area contributed by atoms with Gasteiger partial charge in [-0.2, -0.15) is 11.8 Å². The zero-order chi connectivity index (χ0) is 15.1. The summed E-state index contributed by atoms with van der Waals surface area (Å²) in [4.78, 5) is 14.3. The molecule has 3 nitrogen and oxygen atoms in total. The van der Waals surface area contributed by atoms with Crippen LogP contribution >= 0.6 is 11.8 Å². The Balaban J connectivity index is 2.62. The number of nitrogens with one attached hydrogen (secondary N) is 1. The Bertz CT molecular complexity index is 415. The lowest BCUT2D eigenvalue weighted by atomic mass is 10.0. The van der Waals surface area contributed by atoms with Crippen LogP contribution in [0.2, 0.25) is 0 Å². The Hall–Kier alpha value is -1.00. The smallest absolute Gasteiger partial charge is 0.241 e. The zero-order valence-electron chi connectivity index (χ0n) is 13.1. The van der Waals surface area contributed by atoms with E-state index in [4.69, 9.17) is 0 Å². The highest BCUT2D eigenvalue weighted by molar-refractivity contribution is 7.99. The van der Waals surface area contributed by atoms with Crippen molar-refractivity contribution in [3.8, 4) is 0 Å². The molecule has 0 aliphatic carbocycles. The van der Waals surface area contributed by atoms with Crippen LogP contribution in [0.25, 0.3) is 0 Å². The molecule has 0 aliphatic rings. The number of hydrogen-bond donors (Lipinski definition) is 1. The molecule has 0 aliphatic heterocycles. The molecule has 20 heavy (non-hydrogen) atoms. The molecule has 1 amide bonds. The summed E-state index contributed by atoms with van der Waals surface area (Å²) in [6.45, 7) is 7.11. The number of thioether (sulfide) groups is 1. The molecule has 1 unspecified atom stereocenters. The van der Waals surface area contributed by atoms with E-state index >= 15 is 0 Å². The summed E-state index contributed by atoms with van der Waals surface area (Å²) in [5.74, 6) is 1.03. The quantitative estimate of drug-likeness (QED) is 0.785. The van der Waals surface area contributed by atoms with Crippen LogP contribution in [0.3, 0.4) is 0 Å². The van der Waals surface area contributed by atoms with Crippen LogP contribution in [0.5, 0.6) is 0 Å². The summed E-state index contributed by atoms with van der Waals surface area (Å²) < 4.78 is 0. The number of aryl methyl sites for hydroxylation is 1. The maximum absolute atomic E-state index is 12.4. The largest absolute Gasteiger partial charge is 0.354 e. The molecule has 1 aromatic rings. The minimum Gasteiger partial charge on any atom is -0.354 e. The monoisotopic (exact) mass is 294 g/mol. The number of hydrogen-bond acceptors (Lipinski definition) is 3. The van der Waals surface area contributed by atoms with E-state index < -0.39 is 0 Å². The Morgan fingerprint density at radius 1 is 1.25 bits per heavy atom. The molecule has 0 saturated carbocycles. The summed E-state index contributed by atoms with van der Waals surface area (Å²) in [7, 11) is 3.87. The number of carbonyl (C=O) groups is 1. The van der Waals surface area contributed by atoms with Gasteiger partial charge in [-0.05, 0) is 31.8 Å². The van der Waals surface area contributed by atoms with Crippen molar-refractivity contribution >= 4 is 17.7 Å². The number of nitrogens with zero attached hydrogens (tertiary/aromatic N) is 1. The SMILES string of the molecule is Cc1ccc(C(C(=O)NCCSC(C)C)N(C)C)cc1. The van der Waals surface area contributed by atoms with Crippen molar-refractivity contribution in [2.24, 2.45) is 0 Å². The number of benzene rings is 1. The summed E-state index contributed by atoms with van der Waals surface area (Å²) in [5, 5.41) is 3.64. The van der Waals surface area contributed by atoms with Crippen molar-refractivity contribution in [1.82, 2.24) is 10.2 Å². The van der Waals surface area contributed by atoms with Crippen molar-refractivity contribution in [1.29, 1.82) is 0 Å². The third kappa shape index (κ3) is 5.55. The molecule has 4 heteroatoms. The minimum absolute atomic E-state index is 0.0724. The van der Waals surface area contributed by atoms with Gasteiger partial charge in [-0.25, -0.2) is 0 Å². The van der Waals surface area contributed by atoms with Crippen LogP contribution in [0.4, 0.5) is 0 Å². The van der Waals surface area contributed by atoms with Gasteiger partial charge in [0.15, 0.2) is 0 Å². The van der Waals surface area contributed by atoms with Crippen LogP contribution in [0, 0.1) is 6.92 Å². The highest BCUT2D eigenvalue weighted by Gasteiger charge is 2.22. The number of likely N-dealkylation sites (N-methyl/N-ethyl adjacent to an activating group) is 1. The number of rotatable bonds is 7. The van der Waals surface area contributed by atoms with Crippen molar-refractivity contribution in [2.45, 2.75) is 32.1 Å². The highest BCUT2D eigenvalue weighted by Crippen LogP contribution is 2.19. The van der Waals surface area contributed by atoms with Crippen molar-refractivity contribution in [2.75, 3.05) is 26.4 Å². The third-order valence-electron chi connectivity index (χ3n) is 3.01. The zero-order valence-corrected chi connectivity index (χ0v) is 14.0. The second-order valence-electron chi connectivity index (χ2n) is 5.49. The van der Waals surface area contributed by atoms with Gasteiger partial charge in [-0.15, -0.1) is 0 Å². The second kappa shape index (κ2) is 8.32. The van der Waals surface area contributed by atoms with Gasteiger partial charge in [0.25, 0.3) is 0 Å². The Kier molecular flexibility index (Phi) is 7.10. The first-order valence-electron chi connectivity index (χ1n) is 7.04. The first-order valence-corrected chi connectivity index (χ1v) is 8.09. The van der Waals surface area contributed by atoms with Gasteiger partial charge < -0.3 is 5.32 Å². The molecule has 0 aromatic heterocycles. The first-order chi connectivity index (χ1) is 9.41. The second-order valence-corrected chi connectivity index (χ2v) is 7.17. The molecule has 1 N–H and O–H groups in total. The van der Waals surface area contributed by atoms with Gasteiger partial charge in [0, 0.05) is 12.3 Å². The van der Waals surface area contributed by atoms with E-state index in [0.29, 0.717) is 5.25 Å². The lowest BCUT2D eigenvalue weighted by molar-refractivity contribution is -0.125. The molecule has 0 bridgehead atoms. The van der Waals surface area contributed by atoms with Crippen LogP contribution in [-0.2, 0) is 4.79 Å². The van der Waals surface area contributed by atoms with Gasteiger partial charge in [0.05, 0.1) is 0 Å². The molecular formula is C16H26N2OS. The van der Waals surface area contributed by atoms with E-state index in [1.54, 1.807) is 0 Å². The van der Waals surface area contributed by atoms with E-state index in [1.165, 1.54) is 5.56 Å². The molecule has 0 radical (unpaired) electrons. The maximum Gasteiger partial charge on any atom is 0.241 e. The van der Waals surface area contributed by atoms with Crippen molar-refractivity contribution in [3.63, 3.8) is 0 Å². The molecule has 1 aromatic carbocycles. The fraction of sp³-hybridized carbons (Fsp3) is 0.562. The number of carbonyl (C=O) groups excluding carboxylic acids is 1. The molecule has 1 atom stereocenters. The lowest BCUT2D eigenvalue weighted by Gasteiger charge is -2.24. The lowest BCUT2D eigenvalue weighted by Crippen LogP contribution is -2.38. The predicted molar refractivity (Wildman–Crippen MR) is 88.2 cm³/mol. The van der Waals surface area contributed by atoms with Crippen LogP contribution in [-0.4, -0.2) is 42.4 Å². The van der Waals surface area contributed by atoms with Gasteiger partial charge in [-0.3, -0.25) is 9.69 Å². The van der Waals surface area contributed by atoms with Crippen molar-refractivity contribution < 1.29 is 4.79 Å². The van der Waals surface area contributed by atoms with E-state index in [0.717, 1.165) is 17.9 Å². The molecular weight excluding hydrogens is 268 g/mol. The van der Waals surface area contributed by atoms with E-state index in [1.807, 2.05) is 55.0 Å². The molecule has 1 rings (SSSR count). The average molecular weight is 294 g/mol. The summed E-state index contributed by atoms with van der Waals surface area (Å²) in [6, 6.07) is 7.94. The van der Waals surface area contributed by atoms with E-state index in [2.05, 4.69) is 26.1 Å². The molecule has 0 saturated heterocycles. The van der Waals surface area contributed by atoms with Gasteiger partial charge >= 0.3 is 0 Å². The Labute approximate surface area is 127 Å². The van der Waals surface area contributed by atoms with E-state index in [-0.39, 0.29) is 11.9 Å². The Morgan fingerprint density at radius 3 is 2.35 bits per heavy atom. The normalized spacial score (nSPS) is 12.8. The summed E-state index contributed by atoms with van der Waals surface area (Å²) >= 11 is 1.86. The van der Waals surface area contributed by atoms with E-state index in [9.17, 15) is 4.79 Å². The average Bonchev–Trinajstić information content (AvgIpc) is 2.36. The third-order valence-corrected chi connectivity index (χ3v) is 4.12. The minimum atomic E-state index is -0.223. The van der Waals surface area contributed by atoms with Gasteiger partial charge in [0.1, 0.15) is 6.04 Å². The Morgan fingerprint density at radius 2 is 1.85 bits per heavy atom. The summed E-state index contributed by atoms with van der Waals surface area (Å²) in [5.41, 5.74) is 2.25. The van der Waals surface area contributed by atoms with Crippen LogP contribution < -0.4 is 5.32 Å². The summed E-state index contributed by atoms with van der Waals surface area (Å²) in [6.07, 6.45) is 0. The van der Waals surface area contributed by atoms with Crippen LogP contribution in [0.1, 0.15) is 31.0 Å². The molecule has 0 spiro atoms. The molecule has 0 fully saturated rings. The fourth-order valence-corrected chi connectivity index (χ4v) is 2.69. The molecule has 0 heterocycles. The van der Waals surface area contributed by atoms with Crippen LogP contribution in [0.15, 0.2) is 24.3 Å². The van der Waals surface area contributed by atoms with Crippen molar-refractivity contribution in [3.05, 3.63) is 35.4 Å². The topological polar surface area (TPSA) is 32.3 Å². The standard InChI is InChI=1S/C16H26N2OS/c1-12(2)20-11-10-17-16(19)15(18(4)5)14-8-6-13(3)7-9-14/h6-9,12,15H,10-11H2,1-5H3,(H,17,19). The number of amides is 1. The highest BCUT2D eigenvalue weighted by atomic mass is 32.2.